The summed E-state index contributed by atoms with van der Waals surface area (Å²) < 4.78 is 22.0. The first-order valence-electron chi connectivity index (χ1n) is 10.2. The highest BCUT2D eigenvalue weighted by atomic mass is 19.1. The Morgan fingerprint density at radius 1 is 1.21 bits per heavy atom. The van der Waals surface area contributed by atoms with Crippen LogP contribution in [-0.4, -0.2) is 38.8 Å². The Kier molecular flexibility index (Phi) is 5.62. The molecule has 2 N–H and O–H groups in total. The molecule has 2 aromatic heterocycles. The third kappa shape index (κ3) is 4.17. The second kappa shape index (κ2) is 8.32. The standard InChI is InChI=1S/C21H27FN6O/c1-13(2)17-12-24-28-19(17)26-21(29-15-7-6-10-23-11-15)27-20(28)25-14(3)16-8-4-5-9-18(16)22/h4-5,8-9,12-15,23H,6-7,10-11H2,1-3H3,(H,25,26,27). The lowest BCUT2D eigenvalue weighted by molar-refractivity contribution is 0.153. The monoisotopic (exact) mass is 398 g/mol. The van der Waals surface area contributed by atoms with E-state index >= 15 is 0 Å². The summed E-state index contributed by atoms with van der Waals surface area (Å²) in [6.07, 6.45) is 3.87. The summed E-state index contributed by atoms with van der Waals surface area (Å²) in [7, 11) is 0. The van der Waals surface area contributed by atoms with Gasteiger partial charge in [0.05, 0.1) is 12.2 Å². The van der Waals surface area contributed by atoms with Gasteiger partial charge in [-0.2, -0.15) is 19.6 Å². The normalized spacial score (nSPS) is 18.2. The van der Waals surface area contributed by atoms with Gasteiger partial charge in [0.2, 0.25) is 5.95 Å². The first-order valence-corrected chi connectivity index (χ1v) is 10.2. The lowest BCUT2D eigenvalue weighted by atomic mass is 10.1. The number of halogens is 1. The van der Waals surface area contributed by atoms with Crippen LogP contribution in [0, 0.1) is 5.82 Å². The van der Waals surface area contributed by atoms with Gasteiger partial charge in [0, 0.05) is 17.7 Å². The molecule has 8 heteroatoms. The van der Waals surface area contributed by atoms with E-state index in [1.807, 2.05) is 13.0 Å². The molecule has 1 aliphatic rings. The number of hydrogen-bond acceptors (Lipinski definition) is 6. The third-order valence-corrected chi connectivity index (χ3v) is 5.24. The van der Waals surface area contributed by atoms with Gasteiger partial charge in [0.15, 0.2) is 5.65 Å². The van der Waals surface area contributed by atoms with E-state index in [-0.39, 0.29) is 23.9 Å². The molecule has 3 aromatic rings. The number of piperidine rings is 1. The maximum absolute atomic E-state index is 14.2. The Balaban J connectivity index is 1.70. The number of benzene rings is 1. The van der Waals surface area contributed by atoms with Crippen LogP contribution in [0.1, 0.15) is 56.7 Å². The molecule has 1 saturated heterocycles. The van der Waals surface area contributed by atoms with E-state index in [0.29, 0.717) is 23.2 Å². The van der Waals surface area contributed by atoms with Crippen LogP contribution in [0.25, 0.3) is 5.65 Å². The summed E-state index contributed by atoms with van der Waals surface area (Å²) in [6, 6.07) is 6.74. The van der Waals surface area contributed by atoms with E-state index in [1.165, 1.54) is 6.07 Å². The number of nitrogens with one attached hydrogen (secondary N) is 2. The number of rotatable bonds is 6. The molecule has 1 fully saturated rings. The average molecular weight is 398 g/mol. The van der Waals surface area contributed by atoms with Gasteiger partial charge >= 0.3 is 6.01 Å². The summed E-state index contributed by atoms with van der Waals surface area (Å²) in [4.78, 5) is 9.20. The number of ether oxygens (including phenoxy) is 1. The molecule has 0 bridgehead atoms. The lowest BCUT2D eigenvalue weighted by Crippen LogP contribution is -2.37. The van der Waals surface area contributed by atoms with Crippen LogP contribution in [-0.2, 0) is 0 Å². The largest absolute Gasteiger partial charge is 0.459 e. The number of hydrogen-bond donors (Lipinski definition) is 2. The topological polar surface area (TPSA) is 76.4 Å². The molecule has 3 heterocycles. The number of anilines is 1. The minimum absolute atomic E-state index is 0.0356. The van der Waals surface area contributed by atoms with Gasteiger partial charge in [-0.05, 0) is 38.3 Å². The molecule has 2 atom stereocenters. The average Bonchev–Trinajstić information content (AvgIpc) is 3.13. The van der Waals surface area contributed by atoms with Crippen molar-refractivity contribution in [2.75, 3.05) is 18.4 Å². The van der Waals surface area contributed by atoms with Crippen molar-refractivity contribution in [2.45, 2.75) is 51.7 Å². The second-order valence-electron chi connectivity index (χ2n) is 7.79. The molecule has 1 aromatic carbocycles. The maximum Gasteiger partial charge on any atom is 0.322 e. The lowest BCUT2D eigenvalue weighted by Gasteiger charge is -2.23. The van der Waals surface area contributed by atoms with E-state index < -0.39 is 0 Å². The van der Waals surface area contributed by atoms with Gasteiger partial charge in [-0.15, -0.1) is 0 Å². The number of fused-ring (bicyclic) bond motifs is 1. The second-order valence-corrected chi connectivity index (χ2v) is 7.79. The molecule has 154 valence electrons. The van der Waals surface area contributed by atoms with E-state index in [0.717, 1.165) is 31.5 Å². The van der Waals surface area contributed by atoms with E-state index in [2.05, 4.69) is 39.5 Å². The first kappa shape index (κ1) is 19.6. The van der Waals surface area contributed by atoms with E-state index in [4.69, 9.17) is 4.74 Å². The van der Waals surface area contributed by atoms with Gasteiger partial charge in [-0.25, -0.2) is 4.39 Å². The Morgan fingerprint density at radius 2 is 2.03 bits per heavy atom. The predicted molar refractivity (Wildman–Crippen MR) is 110 cm³/mol. The van der Waals surface area contributed by atoms with Crippen LogP contribution in [0.2, 0.25) is 0 Å². The predicted octanol–water partition coefficient (Wildman–Crippen LogP) is 3.69. The van der Waals surface area contributed by atoms with E-state index in [9.17, 15) is 4.39 Å². The summed E-state index contributed by atoms with van der Waals surface area (Å²) in [5.41, 5.74) is 2.28. The fourth-order valence-corrected chi connectivity index (χ4v) is 3.60. The molecule has 0 radical (unpaired) electrons. The van der Waals surface area contributed by atoms with Crippen LogP contribution >= 0.6 is 0 Å². The fraction of sp³-hybridized carbons (Fsp3) is 0.476. The molecule has 2 unspecified atom stereocenters. The third-order valence-electron chi connectivity index (χ3n) is 5.24. The Bertz CT molecular complexity index is 982. The molecule has 29 heavy (non-hydrogen) atoms. The van der Waals surface area contributed by atoms with Crippen molar-refractivity contribution >= 4 is 11.6 Å². The molecule has 1 aliphatic heterocycles. The molecular formula is C21H27FN6O. The van der Waals surface area contributed by atoms with Crippen molar-refractivity contribution < 1.29 is 9.13 Å². The zero-order chi connectivity index (χ0) is 20.4. The maximum atomic E-state index is 14.2. The highest BCUT2D eigenvalue weighted by Crippen LogP contribution is 2.26. The zero-order valence-electron chi connectivity index (χ0n) is 17.0. The van der Waals surface area contributed by atoms with Crippen molar-refractivity contribution in [3.8, 4) is 6.01 Å². The zero-order valence-corrected chi connectivity index (χ0v) is 17.0. The van der Waals surface area contributed by atoms with Gasteiger partial charge in [-0.1, -0.05) is 32.0 Å². The number of aromatic nitrogens is 4. The summed E-state index contributed by atoms with van der Waals surface area (Å²) in [5.74, 6) is 0.478. The van der Waals surface area contributed by atoms with E-state index in [1.54, 1.807) is 22.8 Å². The van der Waals surface area contributed by atoms with Crippen LogP contribution in [0.15, 0.2) is 30.5 Å². The quantitative estimate of drug-likeness (QED) is 0.660. The molecular weight excluding hydrogens is 371 g/mol. The molecule has 0 amide bonds. The van der Waals surface area contributed by atoms with Gasteiger partial charge < -0.3 is 15.4 Å². The molecule has 0 aliphatic carbocycles. The van der Waals surface area contributed by atoms with Gasteiger partial charge in [0.25, 0.3) is 0 Å². The Labute approximate surface area is 169 Å². The van der Waals surface area contributed by atoms with Crippen molar-refractivity contribution in [3.63, 3.8) is 0 Å². The minimum Gasteiger partial charge on any atom is -0.459 e. The summed E-state index contributed by atoms with van der Waals surface area (Å²) >= 11 is 0. The Hall–Kier alpha value is -2.74. The summed E-state index contributed by atoms with van der Waals surface area (Å²) in [5, 5.41) is 11.1. The van der Waals surface area contributed by atoms with Gasteiger partial charge in [0.1, 0.15) is 11.9 Å². The van der Waals surface area contributed by atoms with Crippen molar-refractivity contribution in [1.29, 1.82) is 0 Å². The fourth-order valence-electron chi connectivity index (χ4n) is 3.60. The highest BCUT2D eigenvalue weighted by Gasteiger charge is 2.21. The van der Waals surface area contributed by atoms with Crippen LogP contribution in [0.5, 0.6) is 6.01 Å². The van der Waals surface area contributed by atoms with Crippen molar-refractivity contribution in [2.24, 2.45) is 0 Å². The Morgan fingerprint density at radius 3 is 2.76 bits per heavy atom. The SMILES string of the molecule is CC(C)c1cnn2c(NC(C)c3ccccc3F)nc(OC3CCCNC3)nc12. The van der Waals surface area contributed by atoms with Crippen molar-refractivity contribution in [1.82, 2.24) is 24.9 Å². The van der Waals surface area contributed by atoms with Crippen LogP contribution in [0.4, 0.5) is 10.3 Å². The molecule has 0 saturated carbocycles. The molecule has 0 spiro atoms. The summed E-state index contributed by atoms with van der Waals surface area (Å²) in [6.45, 7) is 7.87. The first-order chi connectivity index (χ1) is 14.0. The van der Waals surface area contributed by atoms with Crippen LogP contribution in [0.3, 0.4) is 0 Å². The number of nitrogens with zero attached hydrogens (tertiary/aromatic N) is 4. The van der Waals surface area contributed by atoms with Gasteiger partial charge in [-0.3, -0.25) is 0 Å². The minimum atomic E-state index is -0.301. The molecule has 4 rings (SSSR count). The highest BCUT2D eigenvalue weighted by molar-refractivity contribution is 5.53. The van der Waals surface area contributed by atoms with Crippen LogP contribution < -0.4 is 15.4 Å². The van der Waals surface area contributed by atoms with Crippen molar-refractivity contribution in [3.05, 3.63) is 47.4 Å². The molecule has 7 nitrogen and oxygen atoms in total. The smallest absolute Gasteiger partial charge is 0.322 e.